The van der Waals surface area contributed by atoms with Gasteiger partial charge in [-0.1, -0.05) is 32.1 Å². The minimum absolute atomic E-state index is 0.00399. The number of aliphatic hydroxyl groups is 3. The van der Waals surface area contributed by atoms with Crippen LogP contribution in [0.3, 0.4) is 0 Å². The maximum absolute atomic E-state index is 12.2. The van der Waals surface area contributed by atoms with Crippen LogP contribution in [0.25, 0.3) is 0 Å². The van der Waals surface area contributed by atoms with Crippen LogP contribution in [-0.4, -0.2) is 70.5 Å². The van der Waals surface area contributed by atoms with Crippen molar-refractivity contribution in [2.24, 2.45) is 11.8 Å². The monoisotopic (exact) mass is 440 g/mol. The molecule has 0 radical (unpaired) electrons. The zero-order chi connectivity index (χ0) is 23.3. The van der Waals surface area contributed by atoms with Crippen molar-refractivity contribution < 1.29 is 39.1 Å². The molecule has 0 aromatic carbocycles. The number of Topliss-reactive ketones (excluding diaryl/α,β-unsaturated/α-hetero) is 1. The largest absolute Gasteiger partial charge is 0.463 e. The van der Waals surface area contributed by atoms with Gasteiger partial charge in [-0.25, -0.2) is 0 Å². The summed E-state index contributed by atoms with van der Waals surface area (Å²) in [6, 6.07) is 0. The van der Waals surface area contributed by atoms with Gasteiger partial charge in [0, 0.05) is 13.3 Å². The van der Waals surface area contributed by atoms with Gasteiger partial charge in [-0.15, -0.1) is 0 Å². The first-order valence-corrected chi connectivity index (χ1v) is 10.9. The Morgan fingerprint density at radius 1 is 1.19 bits per heavy atom. The second-order valence-electron chi connectivity index (χ2n) is 8.90. The zero-order valence-electron chi connectivity index (χ0n) is 18.8. The molecule has 8 nitrogen and oxygen atoms in total. The summed E-state index contributed by atoms with van der Waals surface area (Å²) in [5, 5.41) is 31.0. The van der Waals surface area contributed by atoms with Crippen LogP contribution in [0.15, 0.2) is 23.8 Å². The molecule has 7 atom stereocenters. The molecule has 176 valence electrons. The second kappa shape index (κ2) is 11.3. The highest BCUT2D eigenvalue weighted by molar-refractivity contribution is 5.94. The van der Waals surface area contributed by atoms with Crippen molar-refractivity contribution in [2.45, 2.75) is 90.2 Å². The SMILES string of the molecule is C=C1CC[C@H](C(C)C)[C@@H](O[C@H]2O[C@@H](COC(C)=O)[C@@H](O)[C@@H](O)[C@H]2O)/C=C(\C)CCC1=O. The highest BCUT2D eigenvalue weighted by Crippen LogP contribution is 2.32. The van der Waals surface area contributed by atoms with Crippen LogP contribution in [0.4, 0.5) is 0 Å². The van der Waals surface area contributed by atoms with E-state index < -0.39 is 42.8 Å². The van der Waals surface area contributed by atoms with Gasteiger partial charge in [0.1, 0.15) is 31.0 Å². The third kappa shape index (κ3) is 6.95. The number of allylic oxidation sites excluding steroid dienone is 2. The van der Waals surface area contributed by atoms with Crippen molar-refractivity contribution >= 4 is 11.8 Å². The Morgan fingerprint density at radius 3 is 2.48 bits per heavy atom. The molecule has 0 bridgehead atoms. The molecule has 1 saturated heterocycles. The van der Waals surface area contributed by atoms with Crippen molar-refractivity contribution in [3.05, 3.63) is 23.8 Å². The van der Waals surface area contributed by atoms with Gasteiger partial charge in [-0.3, -0.25) is 9.59 Å². The number of ether oxygens (including phenoxy) is 3. The molecule has 0 aromatic rings. The summed E-state index contributed by atoms with van der Waals surface area (Å²) < 4.78 is 16.8. The fraction of sp³-hybridized carbons (Fsp3) is 0.739. The number of carbonyl (C=O) groups excluding carboxylic acids is 2. The molecule has 2 rings (SSSR count). The van der Waals surface area contributed by atoms with Gasteiger partial charge in [0.05, 0.1) is 6.10 Å². The Hall–Kier alpha value is -1.58. The summed E-state index contributed by atoms with van der Waals surface area (Å²) >= 11 is 0. The fourth-order valence-electron chi connectivity index (χ4n) is 3.99. The van der Waals surface area contributed by atoms with E-state index in [1.54, 1.807) is 0 Å². The van der Waals surface area contributed by atoms with E-state index in [1.807, 2.05) is 13.0 Å². The number of rotatable bonds is 5. The van der Waals surface area contributed by atoms with Gasteiger partial charge in [0.2, 0.25) is 0 Å². The van der Waals surface area contributed by atoms with Crippen molar-refractivity contribution in [1.82, 2.24) is 0 Å². The normalized spacial score (nSPS) is 37.3. The minimum atomic E-state index is -1.51. The van der Waals surface area contributed by atoms with Crippen LogP contribution in [0, 0.1) is 11.8 Å². The Morgan fingerprint density at radius 2 is 1.87 bits per heavy atom. The molecule has 1 heterocycles. The number of hydrogen-bond acceptors (Lipinski definition) is 8. The molecule has 0 saturated carbocycles. The van der Waals surface area contributed by atoms with Crippen LogP contribution < -0.4 is 0 Å². The predicted molar refractivity (Wildman–Crippen MR) is 113 cm³/mol. The van der Waals surface area contributed by atoms with E-state index in [-0.39, 0.29) is 24.2 Å². The summed E-state index contributed by atoms with van der Waals surface area (Å²) in [6.45, 7) is 10.9. The van der Waals surface area contributed by atoms with E-state index in [2.05, 4.69) is 20.4 Å². The van der Waals surface area contributed by atoms with Crippen molar-refractivity contribution in [3.63, 3.8) is 0 Å². The van der Waals surface area contributed by atoms with Gasteiger partial charge in [-0.05, 0) is 43.6 Å². The smallest absolute Gasteiger partial charge is 0.302 e. The van der Waals surface area contributed by atoms with E-state index >= 15 is 0 Å². The summed E-state index contributed by atoms with van der Waals surface area (Å²) in [5.41, 5.74) is 1.58. The molecule has 0 spiro atoms. The predicted octanol–water partition coefficient (Wildman–Crippen LogP) is 1.66. The van der Waals surface area contributed by atoms with Crippen LogP contribution in [-0.2, 0) is 23.8 Å². The van der Waals surface area contributed by atoms with Gasteiger partial charge >= 0.3 is 5.97 Å². The first-order chi connectivity index (χ1) is 14.5. The Bertz CT molecular complexity index is 685. The number of carbonyl (C=O) groups is 2. The summed E-state index contributed by atoms with van der Waals surface area (Å²) in [4.78, 5) is 23.3. The molecule has 0 amide bonds. The van der Waals surface area contributed by atoms with Gasteiger partial charge in [-0.2, -0.15) is 0 Å². The van der Waals surface area contributed by atoms with E-state index in [1.165, 1.54) is 6.92 Å². The van der Waals surface area contributed by atoms with Crippen LogP contribution in [0.1, 0.15) is 53.4 Å². The lowest BCUT2D eigenvalue weighted by molar-refractivity contribution is -0.312. The lowest BCUT2D eigenvalue weighted by Crippen LogP contribution is -2.60. The van der Waals surface area contributed by atoms with E-state index in [9.17, 15) is 24.9 Å². The van der Waals surface area contributed by atoms with Crippen LogP contribution in [0.5, 0.6) is 0 Å². The summed E-state index contributed by atoms with van der Waals surface area (Å²) in [7, 11) is 0. The van der Waals surface area contributed by atoms with Gasteiger partial charge < -0.3 is 29.5 Å². The van der Waals surface area contributed by atoms with Crippen molar-refractivity contribution in [2.75, 3.05) is 6.61 Å². The molecule has 0 unspecified atom stereocenters. The van der Waals surface area contributed by atoms with Crippen LogP contribution in [0.2, 0.25) is 0 Å². The average molecular weight is 441 g/mol. The molecular formula is C23H36O8. The summed E-state index contributed by atoms with van der Waals surface area (Å²) in [6.07, 6.45) is -2.99. The highest BCUT2D eigenvalue weighted by atomic mass is 16.7. The van der Waals surface area contributed by atoms with E-state index in [4.69, 9.17) is 14.2 Å². The lowest BCUT2D eigenvalue weighted by Gasteiger charge is -2.42. The molecule has 8 heteroatoms. The third-order valence-electron chi connectivity index (χ3n) is 6.06. The molecule has 2 aliphatic rings. The molecule has 0 aromatic heterocycles. The Balaban J connectivity index is 2.25. The molecular weight excluding hydrogens is 404 g/mol. The molecule has 31 heavy (non-hydrogen) atoms. The Kier molecular flexibility index (Phi) is 9.39. The minimum Gasteiger partial charge on any atom is -0.463 e. The standard InChI is InChI=1S/C23H36O8/c1-12(2)16-8-7-14(4)17(25)9-6-13(3)10-18(16)30-23-22(28)21(27)20(26)19(31-23)11-29-15(5)24/h10,12,16,18-23,26-28H,4,6-9,11H2,1-3,5H3/b13-10+/t16-,18+,19+,20-,21-,22-,23+/m1/s1. The van der Waals surface area contributed by atoms with Gasteiger partial charge in [0.25, 0.3) is 0 Å². The quantitative estimate of drug-likeness (QED) is 0.335. The first kappa shape index (κ1) is 25.7. The topological polar surface area (TPSA) is 123 Å². The third-order valence-corrected chi connectivity index (χ3v) is 6.06. The Labute approximate surface area is 183 Å². The first-order valence-electron chi connectivity index (χ1n) is 10.9. The maximum atomic E-state index is 12.2. The van der Waals surface area contributed by atoms with Crippen LogP contribution >= 0.6 is 0 Å². The maximum Gasteiger partial charge on any atom is 0.302 e. The average Bonchev–Trinajstić information content (AvgIpc) is 2.70. The molecule has 1 aliphatic heterocycles. The lowest BCUT2D eigenvalue weighted by atomic mass is 9.82. The van der Waals surface area contributed by atoms with Gasteiger partial charge in [0.15, 0.2) is 12.1 Å². The van der Waals surface area contributed by atoms with E-state index in [0.29, 0.717) is 31.3 Å². The fourth-order valence-corrected chi connectivity index (χ4v) is 3.99. The summed E-state index contributed by atoms with van der Waals surface area (Å²) in [5.74, 6) is -0.269. The number of esters is 1. The van der Waals surface area contributed by atoms with E-state index in [0.717, 1.165) is 5.57 Å². The second-order valence-corrected chi connectivity index (χ2v) is 8.90. The number of hydrogen-bond donors (Lipinski definition) is 3. The molecule has 3 N–H and O–H groups in total. The molecule has 1 fully saturated rings. The van der Waals surface area contributed by atoms with Crippen molar-refractivity contribution in [1.29, 1.82) is 0 Å². The van der Waals surface area contributed by atoms with Crippen molar-refractivity contribution in [3.8, 4) is 0 Å². The zero-order valence-corrected chi connectivity index (χ0v) is 18.8. The molecule has 1 aliphatic carbocycles. The number of ketones is 1. The highest BCUT2D eigenvalue weighted by Gasteiger charge is 2.46. The number of aliphatic hydroxyl groups excluding tert-OH is 3.